The number of hydrogen-bond donors (Lipinski definition) is 1. The van der Waals surface area contributed by atoms with Gasteiger partial charge in [-0.1, -0.05) is 42.5 Å². The summed E-state index contributed by atoms with van der Waals surface area (Å²) in [6.45, 7) is 2.95. The van der Waals surface area contributed by atoms with Crippen molar-refractivity contribution in [2.75, 3.05) is 11.9 Å². The minimum absolute atomic E-state index is 0.109. The molecule has 5 rings (SSSR count). The van der Waals surface area contributed by atoms with Crippen LogP contribution in [0.1, 0.15) is 41.2 Å². The van der Waals surface area contributed by atoms with E-state index in [9.17, 15) is 14.4 Å². The van der Waals surface area contributed by atoms with Crippen molar-refractivity contribution in [3.05, 3.63) is 100 Å². The average molecular weight is 484 g/mol. The molecular weight excluding hydrogens is 458 g/mol. The Morgan fingerprint density at radius 3 is 2.64 bits per heavy atom. The first kappa shape index (κ1) is 23.3. The predicted octanol–water partition coefficient (Wildman–Crippen LogP) is 4.28. The van der Waals surface area contributed by atoms with Crippen molar-refractivity contribution < 1.29 is 19.1 Å². The number of anilines is 1. The molecule has 0 bridgehead atoms. The number of aryl methyl sites for hydroxylation is 1. The number of rotatable bonds is 7. The minimum Gasteiger partial charge on any atom is -0.492 e. The highest BCUT2D eigenvalue weighted by atomic mass is 16.5. The second-order valence-corrected chi connectivity index (χ2v) is 8.43. The van der Waals surface area contributed by atoms with Crippen molar-refractivity contribution in [3.8, 4) is 5.75 Å². The Balaban J connectivity index is 1.44. The van der Waals surface area contributed by atoms with Crippen molar-refractivity contribution in [1.29, 1.82) is 0 Å². The summed E-state index contributed by atoms with van der Waals surface area (Å²) in [5, 5.41) is 3.26. The summed E-state index contributed by atoms with van der Waals surface area (Å²) in [5.74, 6) is 0.0245. The number of fused-ring (bicyclic) bond motifs is 2. The van der Waals surface area contributed by atoms with Gasteiger partial charge in [-0.05, 0) is 43.7 Å². The molecular formula is C28H25N3O5. The zero-order valence-electron chi connectivity index (χ0n) is 19.8. The Labute approximate surface area is 207 Å². The summed E-state index contributed by atoms with van der Waals surface area (Å²) in [5.41, 5.74) is 1.54. The van der Waals surface area contributed by atoms with Gasteiger partial charge >= 0.3 is 5.97 Å². The van der Waals surface area contributed by atoms with E-state index in [-0.39, 0.29) is 11.1 Å². The summed E-state index contributed by atoms with van der Waals surface area (Å²) in [4.78, 5) is 43.8. The van der Waals surface area contributed by atoms with Crippen LogP contribution >= 0.6 is 0 Å². The van der Waals surface area contributed by atoms with E-state index in [0.29, 0.717) is 46.9 Å². The van der Waals surface area contributed by atoms with Crippen LogP contribution in [0.15, 0.2) is 77.6 Å². The van der Waals surface area contributed by atoms with E-state index < -0.39 is 18.0 Å². The number of nitrogens with zero attached hydrogens (tertiary/aromatic N) is 2. The number of nitrogens with one attached hydrogen (secondary N) is 1. The molecule has 8 heteroatoms. The summed E-state index contributed by atoms with van der Waals surface area (Å²) in [6, 6.07) is 20.5. The quantitative estimate of drug-likeness (QED) is 0.394. The van der Waals surface area contributed by atoms with E-state index in [0.717, 1.165) is 12.8 Å². The zero-order chi connectivity index (χ0) is 25.1. The number of amides is 1. The van der Waals surface area contributed by atoms with Crippen LogP contribution in [0.25, 0.3) is 10.9 Å². The van der Waals surface area contributed by atoms with E-state index in [2.05, 4.69) is 10.3 Å². The fourth-order valence-corrected chi connectivity index (χ4v) is 4.34. The Morgan fingerprint density at radius 2 is 1.83 bits per heavy atom. The lowest BCUT2D eigenvalue weighted by atomic mass is 10.1. The topological polar surface area (TPSA) is 99.5 Å². The van der Waals surface area contributed by atoms with Crippen molar-refractivity contribution in [2.24, 2.45) is 0 Å². The van der Waals surface area contributed by atoms with E-state index in [1.807, 2.05) is 19.1 Å². The molecule has 0 fully saturated rings. The lowest BCUT2D eigenvalue weighted by molar-refractivity contribution is -0.125. The normalized spacial score (nSPS) is 13.1. The van der Waals surface area contributed by atoms with Crippen LogP contribution in [0, 0.1) is 0 Å². The lowest BCUT2D eigenvalue weighted by Gasteiger charge is -2.19. The molecule has 182 valence electrons. The van der Waals surface area contributed by atoms with Gasteiger partial charge in [-0.3, -0.25) is 14.2 Å². The first-order valence-corrected chi connectivity index (χ1v) is 11.9. The molecule has 1 amide bonds. The van der Waals surface area contributed by atoms with Gasteiger partial charge in [0, 0.05) is 18.5 Å². The monoisotopic (exact) mass is 483 g/mol. The Bertz CT molecular complexity index is 1500. The smallest absolute Gasteiger partial charge is 0.339 e. The van der Waals surface area contributed by atoms with Gasteiger partial charge in [0.25, 0.3) is 11.5 Å². The van der Waals surface area contributed by atoms with Crippen molar-refractivity contribution in [3.63, 3.8) is 0 Å². The number of carbonyl (C=O) groups excluding carboxylic acids is 2. The van der Waals surface area contributed by atoms with Crippen LogP contribution in [0.2, 0.25) is 0 Å². The second kappa shape index (κ2) is 10.0. The molecule has 3 aromatic carbocycles. The zero-order valence-corrected chi connectivity index (χ0v) is 19.8. The number of aromatic nitrogens is 2. The maximum absolute atomic E-state index is 13.3. The maximum Gasteiger partial charge on any atom is 0.339 e. The van der Waals surface area contributed by atoms with Gasteiger partial charge in [0.1, 0.15) is 11.6 Å². The fraction of sp³-hybridized carbons (Fsp3) is 0.214. The second-order valence-electron chi connectivity index (χ2n) is 8.43. The Morgan fingerprint density at radius 1 is 1.06 bits per heavy atom. The maximum atomic E-state index is 13.3. The molecule has 1 unspecified atom stereocenters. The highest BCUT2D eigenvalue weighted by Gasteiger charge is 2.27. The largest absolute Gasteiger partial charge is 0.492 e. The number of benzene rings is 3. The SMILES string of the molecule is CCOc1ccccc1NC(=O)C(OC(=O)c1ccc2c(=O)n3c(nc2c1)CCC3)c1ccccc1. The van der Waals surface area contributed by atoms with Crippen LogP contribution in [0.4, 0.5) is 5.69 Å². The van der Waals surface area contributed by atoms with Gasteiger partial charge in [0.2, 0.25) is 6.10 Å². The summed E-state index contributed by atoms with van der Waals surface area (Å²) in [6.07, 6.45) is 0.385. The van der Waals surface area contributed by atoms with E-state index in [1.54, 1.807) is 59.2 Å². The number of para-hydroxylation sites is 2. The van der Waals surface area contributed by atoms with Gasteiger partial charge in [0.15, 0.2) is 0 Å². The van der Waals surface area contributed by atoms with Crippen molar-refractivity contribution in [2.45, 2.75) is 32.4 Å². The summed E-state index contributed by atoms with van der Waals surface area (Å²) >= 11 is 0. The molecule has 1 atom stereocenters. The third-order valence-corrected chi connectivity index (χ3v) is 6.06. The van der Waals surface area contributed by atoms with E-state index in [1.165, 1.54) is 6.07 Å². The van der Waals surface area contributed by atoms with Gasteiger partial charge in [-0.25, -0.2) is 9.78 Å². The van der Waals surface area contributed by atoms with Gasteiger partial charge in [0.05, 0.1) is 28.8 Å². The van der Waals surface area contributed by atoms with Crippen molar-refractivity contribution >= 4 is 28.5 Å². The van der Waals surface area contributed by atoms with Gasteiger partial charge in [-0.15, -0.1) is 0 Å². The molecule has 4 aromatic rings. The molecule has 1 aromatic heterocycles. The predicted molar refractivity (Wildman–Crippen MR) is 135 cm³/mol. The number of hydrogen-bond acceptors (Lipinski definition) is 6. The third kappa shape index (κ3) is 4.57. The molecule has 36 heavy (non-hydrogen) atoms. The summed E-state index contributed by atoms with van der Waals surface area (Å²) < 4.78 is 13.0. The van der Waals surface area contributed by atoms with Crippen LogP contribution in [-0.2, 0) is 22.5 Å². The average Bonchev–Trinajstić information content (AvgIpc) is 3.37. The Kier molecular flexibility index (Phi) is 6.49. The molecule has 0 spiro atoms. The minimum atomic E-state index is -1.21. The standard InChI is InChI=1S/C28H25N3O5/c1-2-35-23-12-7-6-11-21(23)30-26(32)25(18-9-4-3-5-10-18)36-28(34)19-14-15-20-22(17-19)29-24-13-8-16-31(24)27(20)33/h3-7,9-12,14-15,17,25H,2,8,13,16H2,1H3,(H,30,32). The van der Waals surface area contributed by atoms with Crippen LogP contribution in [0.3, 0.4) is 0 Å². The molecule has 2 heterocycles. The number of carbonyl (C=O) groups is 2. The number of esters is 1. The van der Waals surface area contributed by atoms with E-state index >= 15 is 0 Å². The molecule has 1 aliphatic rings. The third-order valence-electron chi connectivity index (χ3n) is 6.06. The molecule has 1 aliphatic heterocycles. The molecule has 0 aliphatic carbocycles. The van der Waals surface area contributed by atoms with Crippen molar-refractivity contribution in [1.82, 2.24) is 9.55 Å². The van der Waals surface area contributed by atoms with Crippen LogP contribution in [0.5, 0.6) is 5.75 Å². The first-order chi connectivity index (χ1) is 17.5. The van der Waals surface area contributed by atoms with Crippen LogP contribution in [-0.4, -0.2) is 28.0 Å². The number of ether oxygens (including phenoxy) is 2. The molecule has 0 saturated carbocycles. The fourth-order valence-electron chi connectivity index (χ4n) is 4.34. The van der Waals surface area contributed by atoms with Gasteiger partial charge in [-0.2, -0.15) is 0 Å². The summed E-state index contributed by atoms with van der Waals surface area (Å²) in [7, 11) is 0. The van der Waals surface area contributed by atoms with E-state index in [4.69, 9.17) is 9.47 Å². The van der Waals surface area contributed by atoms with Gasteiger partial charge < -0.3 is 14.8 Å². The molecule has 8 nitrogen and oxygen atoms in total. The molecule has 1 N–H and O–H groups in total. The van der Waals surface area contributed by atoms with Crippen LogP contribution < -0.4 is 15.6 Å². The lowest BCUT2D eigenvalue weighted by Crippen LogP contribution is -2.26. The molecule has 0 radical (unpaired) electrons. The molecule has 0 saturated heterocycles. The first-order valence-electron chi connectivity index (χ1n) is 11.9. The Hall–Kier alpha value is -4.46. The highest BCUT2D eigenvalue weighted by Crippen LogP contribution is 2.27. The highest BCUT2D eigenvalue weighted by molar-refractivity contribution is 6.00.